The third-order valence-corrected chi connectivity index (χ3v) is 5.19. The molecule has 158 valence electrons. The molecule has 0 bridgehead atoms. The molecule has 0 saturated carbocycles. The molecule has 0 radical (unpaired) electrons. The molecule has 0 atom stereocenters. The Morgan fingerprint density at radius 3 is 1.08 bits per heavy atom. The van der Waals surface area contributed by atoms with Gasteiger partial charge >= 0.3 is 0 Å². The molecular weight excluding hydrogens is 320 g/mol. The molecule has 0 heterocycles. The van der Waals surface area contributed by atoms with E-state index in [-0.39, 0.29) is 0 Å². The van der Waals surface area contributed by atoms with Crippen LogP contribution in [0.3, 0.4) is 0 Å². The Balaban J connectivity index is 3.44. The lowest BCUT2D eigenvalue weighted by molar-refractivity contribution is 0.257. The summed E-state index contributed by atoms with van der Waals surface area (Å²) in [7, 11) is 4.33. The van der Waals surface area contributed by atoms with E-state index >= 15 is 0 Å². The zero-order valence-corrected chi connectivity index (χ0v) is 18.2. The Hall–Kier alpha value is -0.160. The lowest BCUT2D eigenvalue weighted by Gasteiger charge is -2.22. The second kappa shape index (κ2) is 21.1. The highest BCUT2D eigenvalue weighted by atomic mass is 15.1. The Kier molecular flexibility index (Phi) is 21.0. The van der Waals surface area contributed by atoms with Crippen LogP contribution in [0.4, 0.5) is 0 Å². The summed E-state index contributed by atoms with van der Waals surface area (Å²) in [5.74, 6) is 0. The molecule has 4 heteroatoms. The number of hydrogen-bond acceptors (Lipinski definition) is 4. The Morgan fingerprint density at radius 2 is 0.731 bits per heavy atom. The summed E-state index contributed by atoms with van der Waals surface area (Å²) >= 11 is 0. The van der Waals surface area contributed by atoms with Crippen molar-refractivity contribution in [1.29, 1.82) is 0 Å². The molecular formula is C22H50N4. The van der Waals surface area contributed by atoms with Crippen molar-refractivity contribution >= 4 is 0 Å². The van der Waals surface area contributed by atoms with Gasteiger partial charge < -0.3 is 21.3 Å². The van der Waals surface area contributed by atoms with Crippen LogP contribution >= 0.6 is 0 Å². The van der Waals surface area contributed by atoms with E-state index < -0.39 is 0 Å². The molecule has 0 aromatic rings. The van der Waals surface area contributed by atoms with Crippen LogP contribution in [0.25, 0.3) is 0 Å². The molecule has 0 aliphatic rings. The van der Waals surface area contributed by atoms with Gasteiger partial charge in [0, 0.05) is 0 Å². The summed E-state index contributed by atoms with van der Waals surface area (Å²) in [6.07, 6.45) is 18.9. The Morgan fingerprint density at radius 1 is 0.423 bits per heavy atom. The minimum absolute atomic E-state index is 0.826. The van der Waals surface area contributed by atoms with Crippen molar-refractivity contribution in [3.8, 4) is 0 Å². The van der Waals surface area contributed by atoms with Gasteiger partial charge in [0.2, 0.25) is 0 Å². The zero-order chi connectivity index (χ0) is 19.3. The van der Waals surface area contributed by atoms with E-state index in [0.29, 0.717) is 0 Å². The summed E-state index contributed by atoms with van der Waals surface area (Å²) in [5, 5.41) is 0. The largest absolute Gasteiger partial charge is 0.330 e. The topological polar surface area (TPSA) is 58.5 Å². The minimum Gasteiger partial charge on any atom is -0.330 e. The summed E-state index contributed by atoms with van der Waals surface area (Å²) in [4.78, 5) is 4.93. The minimum atomic E-state index is 0.826. The predicted molar refractivity (Wildman–Crippen MR) is 118 cm³/mol. The van der Waals surface area contributed by atoms with Gasteiger partial charge in [-0.3, -0.25) is 0 Å². The van der Waals surface area contributed by atoms with Crippen molar-refractivity contribution < 1.29 is 0 Å². The monoisotopic (exact) mass is 370 g/mol. The van der Waals surface area contributed by atoms with Crippen LogP contribution in [0.15, 0.2) is 0 Å². The first-order valence-electron chi connectivity index (χ1n) is 11.5. The van der Waals surface area contributed by atoms with Gasteiger partial charge in [0.25, 0.3) is 0 Å². The first-order chi connectivity index (χ1) is 12.7. The summed E-state index contributed by atoms with van der Waals surface area (Å²) in [6, 6.07) is 0. The second-order valence-electron chi connectivity index (χ2n) is 8.17. The van der Waals surface area contributed by atoms with Crippen molar-refractivity contribution in [2.45, 2.75) is 89.9 Å². The van der Waals surface area contributed by atoms with Gasteiger partial charge in [0.1, 0.15) is 0 Å². The molecule has 4 N–H and O–H groups in total. The first kappa shape index (κ1) is 25.8. The molecule has 0 unspecified atom stereocenters. The standard InChI is InChI=1S/C22H50N4/c1-25(2)19-13-9-7-5-3-4-6-8-10-14-20-26(21-15-11-17-23)22-16-12-18-24/h3-24H2,1-2H3. The van der Waals surface area contributed by atoms with Gasteiger partial charge in [-0.2, -0.15) is 0 Å². The van der Waals surface area contributed by atoms with E-state index in [1.54, 1.807) is 0 Å². The van der Waals surface area contributed by atoms with E-state index in [1.165, 1.54) is 103 Å². The van der Waals surface area contributed by atoms with Crippen LogP contribution < -0.4 is 11.5 Å². The first-order valence-corrected chi connectivity index (χ1v) is 11.5. The molecule has 0 amide bonds. The molecule has 26 heavy (non-hydrogen) atoms. The summed E-state index contributed by atoms with van der Waals surface area (Å²) in [6.45, 7) is 6.60. The lowest BCUT2D eigenvalue weighted by atomic mass is 10.1. The van der Waals surface area contributed by atoms with E-state index in [4.69, 9.17) is 11.5 Å². The van der Waals surface area contributed by atoms with Gasteiger partial charge in [-0.25, -0.2) is 0 Å². The average Bonchev–Trinajstić information content (AvgIpc) is 2.62. The molecule has 0 spiro atoms. The average molecular weight is 371 g/mol. The highest BCUT2D eigenvalue weighted by molar-refractivity contribution is 4.60. The number of nitrogens with zero attached hydrogens (tertiary/aromatic N) is 2. The van der Waals surface area contributed by atoms with Crippen LogP contribution in [0.2, 0.25) is 0 Å². The van der Waals surface area contributed by atoms with Gasteiger partial charge in [-0.15, -0.1) is 0 Å². The van der Waals surface area contributed by atoms with E-state index in [1.807, 2.05) is 0 Å². The fourth-order valence-electron chi connectivity index (χ4n) is 3.47. The second-order valence-corrected chi connectivity index (χ2v) is 8.17. The summed E-state index contributed by atoms with van der Waals surface area (Å²) < 4.78 is 0. The zero-order valence-electron chi connectivity index (χ0n) is 18.2. The van der Waals surface area contributed by atoms with Gasteiger partial charge in [0.05, 0.1) is 0 Å². The smallest absolute Gasteiger partial charge is 0.00183 e. The SMILES string of the molecule is CN(C)CCCCCCCCCCCCN(CCCCN)CCCCN. The normalized spacial score (nSPS) is 11.8. The van der Waals surface area contributed by atoms with Crippen LogP contribution in [0, 0.1) is 0 Å². The fourth-order valence-corrected chi connectivity index (χ4v) is 3.47. The number of rotatable bonds is 21. The lowest BCUT2D eigenvalue weighted by Crippen LogP contribution is -2.28. The maximum Gasteiger partial charge on any atom is -0.00183 e. The quantitative estimate of drug-likeness (QED) is 0.297. The van der Waals surface area contributed by atoms with Crippen molar-refractivity contribution in [1.82, 2.24) is 9.80 Å². The van der Waals surface area contributed by atoms with Gasteiger partial charge in [0.15, 0.2) is 0 Å². The fraction of sp³-hybridized carbons (Fsp3) is 1.00. The van der Waals surface area contributed by atoms with Gasteiger partial charge in [-0.1, -0.05) is 51.4 Å². The van der Waals surface area contributed by atoms with Crippen molar-refractivity contribution in [3.05, 3.63) is 0 Å². The van der Waals surface area contributed by atoms with E-state index in [9.17, 15) is 0 Å². The maximum atomic E-state index is 5.62. The number of hydrogen-bond donors (Lipinski definition) is 2. The predicted octanol–water partition coefficient (Wildman–Crippen LogP) is 4.23. The highest BCUT2D eigenvalue weighted by Crippen LogP contribution is 2.11. The number of nitrogens with two attached hydrogens (primary N) is 2. The van der Waals surface area contributed by atoms with Crippen molar-refractivity contribution in [2.75, 3.05) is 53.4 Å². The Bertz CT molecular complexity index is 249. The van der Waals surface area contributed by atoms with E-state index in [2.05, 4.69) is 23.9 Å². The third-order valence-electron chi connectivity index (χ3n) is 5.19. The molecule has 0 aromatic heterocycles. The van der Waals surface area contributed by atoms with Crippen LogP contribution in [-0.2, 0) is 0 Å². The van der Waals surface area contributed by atoms with Crippen molar-refractivity contribution in [2.24, 2.45) is 11.5 Å². The summed E-state index contributed by atoms with van der Waals surface area (Å²) in [5.41, 5.74) is 11.2. The molecule has 0 aliphatic carbocycles. The van der Waals surface area contributed by atoms with Crippen LogP contribution in [0.1, 0.15) is 89.9 Å². The van der Waals surface area contributed by atoms with Gasteiger partial charge in [-0.05, 0) is 91.9 Å². The molecule has 0 fully saturated rings. The van der Waals surface area contributed by atoms with Crippen LogP contribution in [-0.4, -0.2) is 63.2 Å². The van der Waals surface area contributed by atoms with E-state index in [0.717, 1.165) is 25.9 Å². The molecule has 0 aliphatic heterocycles. The van der Waals surface area contributed by atoms with Crippen molar-refractivity contribution in [3.63, 3.8) is 0 Å². The molecule has 0 rings (SSSR count). The molecule has 0 aromatic carbocycles. The Labute approximate surface area is 165 Å². The van der Waals surface area contributed by atoms with Crippen LogP contribution in [0.5, 0.6) is 0 Å². The third kappa shape index (κ3) is 20.2. The number of unbranched alkanes of at least 4 members (excludes halogenated alkanes) is 11. The maximum absolute atomic E-state index is 5.62. The highest BCUT2D eigenvalue weighted by Gasteiger charge is 2.04. The molecule has 0 saturated heterocycles. The molecule has 4 nitrogen and oxygen atoms in total.